The molecule has 0 bridgehead atoms. The van der Waals surface area contributed by atoms with Gasteiger partial charge >= 0.3 is 0 Å². The van der Waals surface area contributed by atoms with Gasteiger partial charge in [-0.1, -0.05) is 36.4 Å². The fraction of sp³-hybridized carbons (Fsp3) is 0.391. The molecule has 5 N–H and O–H groups in total. The maximum absolute atomic E-state index is 12.4. The summed E-state index contributed by atoms with van der Waals surface area (Å²) in [5, 5.41) is 15.6. The van der Waals surface area contributed by atoms with Gasteiger partial charge < -0.3 is 21.5 Å². The average Bonchev–Trinajstić information content (AvgIpc) is 2.68. The van der Waals surface area contributed by atoms with Crippen LogP contribution in [0, 0.1) is 13.8 Å². The molecule has 0 spiro atoms. The maximum atomic E-state index is 12.4. The molecule has 0 unspecified atom stereocenters. The van der Waals surface area contributed by atoms with Gasteiger partial charge in [0.15, 0.2) is 0 Å². The number of hydrogen-bond acceptors (Lipinski definition) is 4. The van der Waals surface area contributed by atoms with E-state index in [-0.39, 0.29) is 30.5 Å². The van der Waals surface area contributed by atoms with Crippen molar-refractivity contribution in [3.8, 4) is 5.75 Å². The minimum atomic E-state index is -0.851. The highest BCUT2D eigenvalue weighted by atomic mass is 35.5. The van der Waals surface area contributed by atoms with Crippen LogP contribution in [0.25, 0.3) is 0 Å². The van der Waals surface area contributed by atoms with Crippen molar-refractivity contribution < 1.29 is 14.7 Å². The molecule has 2 aromatic rings. The molecule has 164 valence electrons. The van der Waals surface area contributed by atoms with Gasteiger partial charge in [-0.05, 0) is 61.9 Å². The van der Waals surface area contributed by atoms with E-state index < -0.39 is 18.0 Å². The van der Waals surface area contributed by atoms with Crippen LogP contribution in [0.4, 0.5) is 0 Å². The van der Waals surface area contributed by atoms with E-state index >= 15 is 0 Å². The summed E-state index contributed by atoms with van der Waals surface area (Å²) < 4.78 is 0. The van der Waals surface area contributed by atoms with Crippen LogP contribution in [0.1, 0.15) is 35.6 Å². The summed E-state index contributed by atoms with van der Waals surface area (Å²) in [6, 6.07) is 12.1. The Hall–Kier alpha value is -2.57. The van der Waals surface area contributed by atoms with E-state index in [2.05, 4.69) is 22.8 Å². The first-order valence-electron chi connectivity index (χ1n) is 9.94. The quantitative estimate of drug-likeness (QED) is 0.456. The number of nitrogens with one attached hydrogen (secondary N) is 2. The molecule has 0 saturated carbocycles. The molecule has 0 saturated heterocycles. The Balaban J connectivity index is 0.00000450. The summed E-state index contributed by atoms with van der Waals surface area (Å²) in [6.07, 6.45) is 1.91. The van der Waals surface area contributed by atoms with Crippen molar-refractivity contribution in [2.45, 2.75) is 52.1 Å². The standard InChI is InChI=1S/C23H31N3O3.ClH/c1-15-12-16(2)19(21(27)13-15)14-20(24)23(29)26-17(3)22(28)25-11-7-10-18-8-5-4-6-9-18;/h4-6,8-9,12-13,17,20,27H,7,10-11,14,24H2,1-3H3,(H,25,28)(H,26,29);1H/t17-,20+;/m1./s1. The van der Waals surface area contributed by atoms with Crippen molar-refractivity contribution in [2.24, 2.45) is 5.73 Å². The third-order valence-electron chi connectivity index (χ3n) is 4.89. The fourth-order valence-corrected chi connectivity index (χ4v) is 3.24. The number of hydrogen-bond donors (Lipinski definition) is 4. The van der Waals surface area contributed by atoms with Gasteiger partial charge in [0.1, 0.15) is 11.8 Å². The summed E-state index contributed by atoms with van der Waals surface area (Å²) in [4.78, 5) is 24.6. The lowest BCUT2D eigenvalue weighted by molar-refractivity contribution is -0.129. The molecular formula is C23H32ClN3O3. The lowest BCUT2D eigenvalue weighted by atomic mass is 9.98. The van der Waals surface area contributed by atoms with Crippen molar-refractivity contribution in [3.63, 3.8) is 0 Å². The Bertz CT molecular complexity index is 820. The summed E-state index contributed by atoms with van der Waals surface area (Å²) in [6.45, 7) is 5.93. The van der Waals surface area contributed by atoms with Gasteiger partial charge in [0.05, 0.1) is 6.04 Å². The van der Waals surface area contributed by atoms with Gasteiger partial charge in [-0.15, -0.1) is 12.4 Å². The Morgan fingerprint density at radius 2 is 1.77 bits per heavy atom. The molecule has 0 aliphatic rings. The Labute approximate surface area is 184 Å². The van der Waals surface area contributed by atoms with Crippen LogP contribution in [0.3, 0.4) is 0 Å². The molecule has 2 atom stereocenters. The van der Waals surface area contributed by atoms with Crippen LogP contribution in [0.15, 0.2) is 42.5 Å². The molecule has 2 rings (SSSR count). The molecule has 7 heteroatoms. The highest BCUT2D eigenvalue weighted by Gasteiger charge is 2.21. The second-order valence-corrected chi connectivity index (χ2v) is 7.50. The molecule has 0 aliphatic carbocycles. The summed E-state index contributed by atoms with van der Waals surface area (Å²) >= 11 is 0. The molecule has 0 heterocycles. The third-order valence-corrected chi connectivity index (χ3v) is 4.89. The number of halogens is 1. The van der Waals surface area contributed by atoms with Gasteiger partial charge in [-0.25, -0.2) is 0 Å². The van der Waals surface area contributed by atoms with Crippen LogP contribution in [-0.2, 0) is 22.4 Å². The zero-order chi connectivity index (χ0) is 21.4. The number of amides is 2. The van der Waals surface area contributed by atoms with Crippen molar-refractivity contribution in [1.82, 2.24) is 10.6 Å². The minimum Gasteiger partial charge on any atom is -0.508 e. The number of carbonyl (C=O) groups excluding carboxylic acids is 2. The van der Waals surface area contributed by atoms with Crippen LogP contribution >= 0.6 is 12.4 Å². The monoisotopic (exact) mass is 433 g/mol. The predicted molar refractivity (Wildman–Crippen MR) is 122 cm³/mol. The Kier molecular flexibility index (Phi) is 10.4. The van der Waals surface area contributed by atoms with Crippen molar-refractivity contribution in [2.75, 3.05) is 6.54 Å². The molecule has 2 aromatic carbocycles. The smallest absolute Gasteiger partial charge is 0.242 e. The zero-order valence-corrected chi connectivity index (χ0v) is 18.6. The largest absolute Gasteiger partial charge is 0.508 e. The van der Waals surface area contributed by atoms with Crippen LogP contribution < -0.4 is 16.4 Å². The molecule has 2 amide bonds. The first-order valence-corrected chi connectivity index (χ1v) is 9.94. The molecular weight excluding hydrogens is 402 g/mol. The van der Waals surface area contributed by atoms with Crippen molar-refractivity contribution in [1.29, 1.82) is 0 Å². The molecule has 30 heavy (non-hydrogen) atoms. The molecule has 0 fully saturated rings. The number of aryl methyl sites for hydroxylation is 3. The lowest BCUT2D eigenvalue weighted by Crippen LogP contribution is -2.51. The molecule has 0 aromatic heterocycles. The number of rotatable bonds is 9. The molecule has 6 nitrogen and oxygen atoms in total. The Morgan fingerprint density at radius 1 is 1.10 bits per heavy atom. The summed E-state index contributed by atoms with van der Waals surface area (Å²) in [5.41, 5.74) is 9.71. The van der Waals surface area contributed by atoms with Crippen LogP contribution in [0.2, 0.25) is 0 Å². The van der Waals surface area contributed by atoms with Gasteiger partial charge in [-0.3, -0.25) is 9.59 Å². The topological polar surface area (TPSA) is 104 Å². The first-order chi connectivity index (χ1) is 13.8. The second-order valence-electron chi connectivity index (χ2n) is 7.50. The summed E-state index contributed by atoms with van der Waals surface area (Å²) in [7, 11) is 0. The van der Waals surface area contributed by atoms with E-state index in [4.69, 9.17) is 5.73 Å². The number of benzene rings is 2. The number of phenolic OH excluding ortho intramolecular Hbond substituents is 1. The first kappa shape index (κ1) is 25.5. The average molecular weight is 434 g/mol. The fourth-order valence-electron chi connectivity index (χ4n) is 3.24. The molecule has 0 radical (unpaired) electrons. The lowest BCUT2D eigenvalue weighted by Gasteiger charge is -2.19. The highest BCUT2D eigenvalue weighted by molar-refractivity contribution is 5.89. The Morgan fingerprint density at radius 3 is 2.40 bits per heavy atom. The predicted octanol–water partition coefficient (Wildman–Crippen LogP) is 2.55. The van der Waals surface area contributed by atoms with Gasteiger partial charge in [0, 0.05) is 13.0 Å². The van der Waals surface area contributed by atoms with Gasteiger partial charge in [-0.2, -0.15) is 0 Å². The zero-order valence-electron chi connectivity index (χ0n) is 17.8. The van der Waals surface area contributed by atoms with E-state index in [1.807, 2.05) is 38.1 Å². The van der Waals surface area contributed by atoms with Crippen LogP contribution in [0.5, 0.6) is 5.75 Å². The third kappa shape index (κ3) is 7.69. The number of phenols is 1. The van der Waals surface area contributed by atoms with Crippen molar-refractivity contribution in [3.05, 3.63) is 64.7 Å². The van der Waals surface area contributed by atoms with E-state index in [9.17, 15) is 14.7 Å². The number of nitrogens with two attached hydrogens (primary N) is 1. The SMILES string of the molecule is Cc1cc(C)c(C[C@H](N)C(=O)N[C@H](C)C(=O)NCCCc2ccccc2)c(O)c1.Cl. The van der Waals surface area contributed by atoms with E-state index in [0.29, 0.717) is 12.1 Å². The summed E-state index contributed by atoms with van der Waals surface area (Å²) in [5.74, 6) is -0.528. The normalized spacial score (nSPS) is 12.4. The minimum absolute atomic E-state index is 0. The van der Waals surface area contributed by atoms with E-state index in [1.54, 1.807) is 13.0 Å². The van der Waals surface area contributed by atoms with Crippen molar-refractivity contribution >= 4 is 24.2 Å². The van der Waals surface area contributed by atoms with Gasteiger partial charge in [0.2, 0.25) is 11.8 Å². The van der Waals surface area contributed by atoms with E-state index in [1.165, 1.54) is 5.56 Å². The van der Waals surface area contributed by atoms with Crippen LogP contribution in [-0.4, -0.2) is 35.5 Å². The number of aromatic hydroxyl groups is 1. The number of carbonyl (C=O) groups is 2. The highest BCUT2D eigenvalue weighted by Crippen LogP contribution is 2.24. The van der Waals surface area contributed by atoms with E-state index in [0.717, 1.165) is 24.0 Å². The maximum Gasteiger partial charge on any atom is 0.242 e. The second kappa shape index (κ2) is 12.2. The van der Waals surface area contributed by atoms with Gasteiger partial charge in [0.25, 0.3) is 0 Å². The molecule has 0 aliphatic heterocycles.